The molecule has 1 atom stereocenters. The highest BCUT2D eigenvalue weighted by Gasteiger charge is 2.16. The fraction of sp³-hybridized carbons (Fsp3) is 0.130. The lowest BCUT2D eigenvalue weighted by molar-refractivity contribution is 0.0937. The smallest absolute Gasteiger partial charge is 0.252 e. The molecule has 28 heavy (non-hydrogen) atoms. The number of carbonyl (C=O) groups excluding carboxylic acids is 1. The first-order valence-corrected chi connectivity index (χ1v) is 11.0. The summed E-state index contributed by atoms with van der Waals surface area (Å²) in [6.07, 6.45) is 0. The molecule has 0 saturated carbocycles. The van der Waals surface area contributed by atoms with Gasteiger partial charge in [-0.25, -0.2) is 4.98 Å². The van der Waals surface area contributed by atoms with E-state index in [1.54, 1.807) is 23.1 Å². The third kappa shape index (κ3) is 4.11. The maximum absolute atomic E-state index is 13.0. The van der Waals surface area contributed by atoms with Gasteiger partial charge in [0.05, 0.1) is 22.8 Å². The van der Waals surface area contributed by atoms with Crippen LogP contribution in [0.15, 0.2) is 82.5 Å². The topological polar surface area (TPSA) is 42.0 Å². The van der Waals surface area contributed by atoms with Gasteiger partial charge in [-0.3, -0.25) is 4.79 Å². The second kappa shape index (κ2) is 8.59. The van der Waals surface area contributed by atoms with Gasteiger partial charge in [0.2, 0.25) is 0 Å². The van der Waals surface area contributed by atoms with Crippen LogP contribution in [0.3, 0.4) is 0 Å². The van der Waals surface area contributed by atoms with E-state index in [-0.39, 0.29) is 11.9 Å². The highest BCUT2D eigenvalue weighted by molar-refractivity contribution is 7.98. The molecular weight excluding hydrogens is 384 g/mol. The number of aromatic nitrogens is 1. The minimum atomic E-state index is -0.0878. The Kier molecular flexibility index (Phi) is 5.74. The number of carbonyl (C=O) groups is 1. The molecule has 0 aliphatic carbocycles. The van der Waals surface area contributed by atoms with E-state index in [2.05, 4.69) is 34.6 Å². The summed E-state index contributed by atoms with van der Waals surface area (Å²) in [4.78, 5) is 18.3. The number of nitrogens with zero attached hydrogens (tertiary/aromatic N) is 1. The molecule has 0 fully saturated rings. The average Bonchev–Trinajstić information content (AvgIpc) is 3.25. The van der Waals surface area contributed by atoms with E-state index in [1.807, 2.05) is 60.3 Å². The van der Waals surface area contributed by atoms with Gasteiger partial charge in [-0.05, 0) is 35.4 Å². The van der Waals surface area contributed by atoms with E-state index >= 15 is 0 Å². The van der Waals surface area contributed by atoms with E-state index in [0.29, 0.717) is 5.56 Å². The number of hydrogen-bond acceptors (Lipinski definition) is 4. The number of nitrogens with one attached hydrogen (secondary N) is 1. The number of rotatable bonds is 6. The maximum atomic E-state index is 13.0. The third-order valence-electron chi connectivity index (χ3n) is 4.63. The summed E-state index contributed by atoms with van der Waals surface area (Å²) in [5.74, 6) is 0.703. The van der Waals surface area contributed by atoms with E-state index in [4.69, 9.17) is 0 Å². The number of thioether (sulfide) groups is 1. The Labute approximate surface area is 172 Å². The summed E-state index contributed by atoms with van der Waals surface area (Å²) in [5, 5.41) is 7.56. The number of hydrogen-bond donors (Lipinski definition) is 1. The van der Waals surface area contributed by atoms with Crippen LogP contribution in [0.1, 0.15) is 34.6 Å². The SMILES string of the molecule is CC(NC(=O)c1ccccc1SCc1cscn1)c1cccc2ccccc12. The molecule has 1 N–H and O–H groups in total. The van der Waals surface area contributed by atoms with Crippen LogP contribution in [0.5, 0.6) is 0 Å². The molecule has 0 bridgehead atoms. The molecule has 0 aliphatic heterocycles. The Balaban J connectivity index is 1.53. The average molecular weight is 405 g/mol. The van der Waals surface area contributed by atoms with Crippen molar-refractivity contribution in [3.63, 3.8) is 0 Å². The van der Waals surface area contributed by atoms with Gasteiger partial charge in [0.25, 0.3) is 5.91 Å². The number of thiazole rings is 1. The fourth-order valence-corrected chi connectivity index (χ4v) is 4.84. The van der Waals surface area contributed by atoms with Crippen LogP contribution < -0.4 is 5.32 Å². The molecule has 4 aromatic rings. The molecule has 0 radical (unpaired) electrons. The Morgan fingerprint density at radius 1 is 1.07 bits per heavy atom. The molecule has 0 aliphatic rings. The second-order valence-electron chi connectivity index (χ2n) is 6.53. The largest absolute Gasteiger partial charge is 0.345 e. The summed E-state index contributed by atoms with van der Waals surface area (Å²) in [6.45, 7) is 2.03. The van der Waals surface area contributed by atoms with Crippen LogP contribution in [-0.2, 0) is 5.75 Å². The molecule has 3 nitrogen and oxygen atoms in total. The van der Waals surface area contributed by atoms with Crippen LogP contribution in [-0.4, -0.2) is 10.9 Å². The maximum Gasteiger partial charge on any atom is 0.252 e. The number of fused-ring (bicyclic) bond motifs is 1. The first kappa shape index (κ1) is 18.7. The molecule has 1 heterocycles. The predicted molar refractivity (Wildman–Crippen MR) is 118 cm³/mol. The quantitative estimate of drug-likeness (QED) is 0.396. The minimum absolute atomic E-state index is 0.0539. The van der Waals surface area contributed by atoms with Gasteiger partial charge in [-0.15, -0.1) is 23.1 Å². The third-order valence-corrected chi connectivity index (χ3v) is 6.37. The minimum Gasteiger partial charge on any atom is -0.345 e. The Morgan fingerprint density at radius 3 is 2.71 bits per heavy atom. The Hall–Kier alpha value is -2.63. The van der Waals surface area contributed by atoms with E-state index < -0.39 is 0 Å². The molecule has 0 saturated heterocycles. The first-order chi connectivity index (χ1) is 13.7. The van der Waals surface area contributed by atoms with Crippen molar-refractivity contribution in [2.45, 2.75) is 23.6 Å². The van der Waals surface area contributed by atoms with Crippen molar-refractivity contribution < 1.29 is 4.79 Å². The lowest BCUT2D eigenvalue weighted by Gasteiger charge is -2.18. The van der Waals surface area contributed by atoms with Gasteiger partial charge in [0.15, 0.2) is 0 Å². The van der Waals surface area contributed by atoms with Crippen molar-refractivity contribution in [1.82, 2.24) is 10.3 Å². The van der Waals surface area contributed by atoms with Crippen LogP contribution in [0.4, 0.5) is 0 Å². The molecule has 4 rings (SSSR count). The molecule has 1 aromatic heterocycles. The zero-order valence-corrected chi connectivity index (χ0v) is 17.1. The number of benzene rings is 3. The van der Waals surface area contributed by atoms with Crippen molar-refractivity contribution >= 4 is 39.8 Å². The monoisotopic (exact) mass is 404 g/mol. The van der Waals surface area contributed by atoms with E-state index in [9.17, 15) is 4.79 Å². The molecular formula is C23H20N2OS2. The standard InChI is InChI=1S/C23H20N2OS2/c1-16(19-11-6-8-17-7-2-3-9-20(17)19)25-23(26)21-10-4-5-12-22(21)28-14-18-13-27-15-24-18/h2-13,15-16H,14H2,1H3,(H,25,26). The zero-order chi connectivity index (χ0) is 19.3. The second-order valence-corrected chi connectivity index (χ2v) is 8.26. The summed E-state index contributed by atoms with van der Waals surface area (Å²) in [5.41, 5.74) is 4.70. The van der Waals surface area contributed by atoms with Gasteiger partial charge >= 0.3 is 0 Å². The van der Waals surface area contributed by atoms with Crippen LogP contribution in [0.2, 0.25) is 0 Å². The predicted octanol–water partition coefficient (Wildman–Crippen LogP) is 6.08. The van der Waals surface area contributed by atoms with Crippen molar-refractivity contribution in [2.24, 2.45) is 0 Å². The normalized spacial score (nSPS) is 12.0. The van der Waals surface area contributed by atoms with Gasteiger partial charge < -0.3 is 5.32 Å². The van der Waals surface area contributed by atoms with Gasteiger partial charge in [-0.2, -0.15) is 0 Å². The highest BCUT2D eigenvalue weighted by Crippen LogP contribution is 2.28. The summed E-state index contributed by atoms with van der Waals surface area (Å²) >= 11 is 3.23. The molecule has 1 unspecified atom stereocenters. The first-order valence-electron chi connectivity index (χ1n) is 9.10. The molecule has 140 valence electrons. The van der Waals surface area contributed by atoms with E-state index in [1.165, 1.54) is 10.8 Å². The summed E-state index contributed by atoms with van der Waals surface area (Å²) in [7, 11) is 0. The Morgan fingerprint density at radius 2 is 1.86 bits per heavy atom. The lowest BCUT2D eigenvalue weighted by Crippen LogP contribution is -2.27. The number of amides is 1. The van der Waals surface area contributed by atoms with Crippen molar-refractivity contribution in [1.29, 1.82) is 0 Å². The molecule has 1 amide bonds. The highest BCUT2D eigenvalue weighted by atomic mass is 32.2. The zero-order valence-electron chi connectivity index (χ0n) is 15.5. The molecule has 3 aromatic carbocycles. The lowest BCUT2D eigenvalue weighted by atomic mass is 9.99. The van der Waals surface area contributed by atoms with Crippen LogP contribution in [0, 0.1) is 0 Å². The van der Waals surface area contributed by atoms with Crippen LogP contribution in [0.25, 0.3) is 10.8 Å². The van der Waals surface area contributed by atoms with E-state index in [0.717, 1.165) is 21.9 Å². The van der Waals surface area contributed by atoms with Gasteiger partial charge in [-0.1, -0.05) is 54.6 Å². The van der Waals surface area contributed by atoms with Crippen LogP contribution >= 0.6 is 23.1 Å². The van der Waals surface area contributed by atoms with Gasteiger partial charge in [0.1, 0.15) is 0 Å². The molecule has 5 heteroatoms. The van der Waals surface area contributed by atoms with Crippen molar-refractivity contribution in [3.05, 3.63) is 94.4 Å². The fourth-order valence-electron chi connectivity index (χ4n) is 3.22. The summed E-state index contributed by atoms with van der Waals surface area (Å²) < 4.78 is 0. The Bertz CT molecular complexity index is 1090. The van der Waals surface area contributed by atoms with Crippen molar-refractivity contribution in [3.8, 4) is 0 Å². The van der Waals surface area contributed by atoms with Gasteiger partial charge in [0, 0.05) is 16.0 Å². The van der Waals surface area contributed by atoms with Crippen molar-refractivity contribution in [2.75, 3.05) is 0 Å². The molecule has 0 spiro atoms. The summed E-state index contributed by atoms with van der Waals surface area (Å²) in [6, 6.07) is 22.1.